The van der Waals surface area contributed by atoms with Crippen molar-refractivity contribution in [3.8, 4) is 5.75 Å². The van der Waals surface area contributed by atoms with Crippen LogP contribution in [-0.2, 0) is 0 Å². The molecule has 4 heteroatoms. The second kappa shape index (κ2) is 4.24. The maximum atomic E-state index is 9.31. The van der Waals surface area contributed by atoms with Gasteiger partial charge in [0.1, 0.15) is 5.75 Å². The van der Waals surface area contributed by atoms with Gasteiger partial charge in [0.15, 0.2) is 0 Å². The first-order valence-electron chi connectivity index (χ1n) is 4.35. The van der Waals surface area contributed by atoms with E-state index in [1.807, 2.05) is 12.1 Å². The van der Waals surface area contributed by atoms with Gasteiger partial charge in [-0.3, -0.25) is 4.99 Å². The van der Waals surface area contributed by atoms with Crippen LogP contribution in [0.25, 0.3) is 0 Å². The molecule has 1 aliphatic rings. The fourth-order valence-corrected chi connectivity index (χ4v) is 2.66. The van der Waals surface area contributed by atoms with Crippen LogP contribution in [0.1, 0.15) is 5.56 Å². The van der Waals surface area contributed by atoms with E-state index in [1.54, 1.807) is 23.9 Å². The Morgan fingerprint density at radius 3 is 3.07 bits per heavy atom. The van der Waals surface area contributed by atoms with Crippen molar-refractivity contribution in [1.82, 2.24) is 0 Å². The maximum absolute atomic E-state index is 9.31. The van der Waals surface area contributed by atoms with Crippen LogP contribution in [0.15, 0.2) is 29.3 Å². The van der Waals surface area contributed by atoms with E-state index < -0.39 is 0 Å². The number of hydrogen-bond donors (Lipinski definition) is 1. The summed E-state index contributed by atoms with van der Waals surface area (Å²) in [5.41, 5.74) is 0.975. The molecule has 2 nitrogen and oxygen atoms in total. The normalized spacial score (nSPS) is 20.9. The Kier molecular flexibility index (Phi) is 2.99. The molecule has 1 aromatic carbocycles. The summed E-state index contributed by atoms with van der Waals surface area (Å²) in [6.45, 7) is 0. The minimum atomic E-state index is 0.221. The molecule has 74 valence electrons. The number of aromatic hydroxyl groups is 1. The number of phenolic OH excluding ortho intramolecular Hbond substituents is 1. The minimum Gasteiger partial charge on any atom is -0.508 e. The van der Waals surface area contributed by atoms with Gasteiger partial charge in [0.25, 0.3) is 0 Å². The fraction of sp³-hybridized carbons (Fsp3) is 0.300. The highest BCUT2D eigenvalue weighted by molar-refractivity contribution is 8.14. The molecule has 0 aromatic heterocycles. The van der Waals surface area contributed by atoms with Crippen LogP contribution in [0.3, 0.4) is 0 Å². The Morgan fingerprint density at radius 1 is 1.57 bits per heavy atom. The monoisotopic (exact) mass is 227 g/mol. The van der Waals surface area contributed by atoms with E-state index in [-0.39, 0.29) is 11.8 Å². The molecule has 14 heavy (non-hydrogen) atoms. The van der Waals surface area contributed by atoms with E-state index in [4.69, 9.17) is 11.6 Å². The molecule has 2 rings (SSSR count). The summed E-state index contributed by atoms with van der Waals surface area (Å²) in [5.74, 6) is 1.78. The molecule has 1 aromatic rings. The Morgan fingerprint density at radius 2 is 2.43 bits per heavy atom. The summed E-state index contributed by atoms with van der Waals surface area (Å²) >= 11 is 7.41. The van der Waals surface area contributed by atoms with Crippen molar-refractivity contribution in [2.45, 2.75) is 6.04 Å². The Hall–Kier alpha value is -0.670. The van der Waals surface area contributed by atoms with Crippen LogP contribution in [0.2, 0.25) is 0 Å². The number of phenols is 1. The van der Waals surface area contributed by atoms with Crippen LogP contribution in [0.5, 0.6) is 5.75 Å². The number of aliphatic imine (C=N–C) groups is 1. The number of alkyl halides is 1. The van der Waals surface area contributed by atoms with Crippen molar-refractivity contribution in [2.24, 2.45) is 4.99 Å². The lowest BCUT2D eigenvalue weighted by molar-refractivity contribution is 0.475. The van der Waals surface area contributed by atoms with Crippen LogP contribution >= 0.6 is 23.4 Å². The second-order valence-electron chi connectivity index (χ2n) is 3.10. The predicted molar refractivity (Wildman–Crippen MR) is 61.6 cm³/mol. The fourth-order valence-electron chi connectivity index (χ4n) is 1.29. The topological polar surface area (TPSA) is 32.6 Å². The molecule has 0 bridgehead atoms. The molecule has 0 spiro atoms. The van der Waals surface area contributed by atoms with Crippen molar-refractivity contribution >= 4 is 28.4 Å². The van der Waals surface area contributed by atoms with E-state index in [0.29, 0.717) is 5.88 Å². The SMILES string of the molecule is Oc1cccc(C2=NC(CCl)CS2)c1. The van der Waals surface area contributed by atoms with Crippen LogP contribution in [-0.4, -0.2) is 27.8 Å². The van der Waals surface area contributed by atoms with Gasteiger partial charge in [-0.15, -0.1) is 23.4 Å². The third-order valence-corrected chi connectivity index (χ3v) is 3.51. The molecule has 1 aliphatic heterocycles. The highest BCUT2D eigenvalue weighted by Crippen LogP contribution is 2.25. The van der Waals surface area contributed by atoms with E-state index in [0.717, 1.165) is 16.4 Å². The lowest BCUT2D eigenvalue weighted by Gasteiger charge is -1.99. The minimum absolute atomic E-state index is 0.221. The number of rotatable bonds is 2. The maximum Gasteiger partial charge on any atom is 0.116 e. The number of nitrogens with zero attached hydrogens (tertiary/aromatic N) is 1. The van der Waals surface area contributed by atoms with Crippen LogP contribution < -0.4 is 0 Å². The molecule has 0 radical (unpaired) electrons. The molecule has 0 fully saturated rings. The van der Waals surface area contributed by atoms with Crippen LogP contribution in [0, 0.1) is 0 Å². The van der Waals surface area contributed by atoms with Crippen molar-refractivity contribution in [1.29, 1.82) is 0 Å². The van der Waals surface area contributed by atoms with Gasteiger partial charge >= 0.3 is 0 Å². The lowest BCUT2D eigenvalue weighted by Crippen LogP contribution is -2.03. The van der Waals surface area contributed by atoms with Gasteiger partial charge in [-0.05, 0) is 12.1 Å². The number of thioether (sulfide) groups is 1. The van der Waals surface area contributed by atoms with E-state index in [1.165, 1.54) is 0 Å². The van der Waals surface area contributed by atoms with Crippen LogP contribution in [0.4, 0.5) is 0 Å². The molecule has 1 N–H and O–H groups in total. The highest BCUT2D eigenvalue weighted by Gasteiger charge is 2.18. The van der Waals surface area contributed by atoms with Gasteiger partial charge in [-0.1, -0.05) is 12.1 Å². The summed E-state index contributed by atoms with van der Waals surface area (Å²) in [7, 11) is 0. The van der Waals surface area contributed by atoms with E-state index >= 15 is 0 Å². The zero-order valence-corrected chi connectivity index (χ0v) is 9.05. The summed E-state index contributed by atoms with van der Waals surface area (Å²) in [6.07, 6.45) is 0. The quantitative estimate of drug-likeness (QED) is 0.788. The molecule has 1 atom stereocenters. The average Bonchev–Trinajstić information content (AvgIpc) is 2.66. The summed E-state index contributed by atoms with van der Waals surface area (Å²) < 4.78 is 0. The van der Waals surface area contributed by atoms with Crippen molar-refractivity contribution < 1.29 is 5.11 Å². The standard InChI is InChI=1S/C10H10ClNOS/c11-5-8-6-14-10(12-8)7-2-1-3-9(13)4-7/h1-4,8,13H,5-6H2. The first-order valence-corrected chi connectivity index (χ1v) is 5.87. The van der Waals surface area contributed by atoms with E-state index in [9.17, 15) is 5.11 Å². The molecular formula is C10H10ClNOS. The molecule has 1 unspecified atom stereocenters. The average molecular weight is 228 g/mol. The Labute approximate surface area is 92.0 Å². The van der Waals surface area contributed by atoms with Gasteiger partial charge in [-0.25, -0.2) is 0 Å². The number of hydrogen-bond acceptors (Lipinski definition) is 3. The predicted octanol–water partition coefficient (Wildman–Crippen LogP) is 2.49. The molecule has 1 heterocycles. The molecule has 0 saturated carbocycles. The summed E-state index contributed by atoms with van der Waals surface area (Å²) in [5, 5.41) is 10.3. The van der Waals surface area contributed by atoms with Crippen molar-refractivity contribution in [3.63, 3.8) is 0 Å². The van der Waals surface area contributed by atoms with Gasteiger partial charge < -0.3 is 5.11 Å². The zero-order valence-electron chi connectivity index (χ0n) is 7.48. The number of benzene rings is 1. The Balaban J connectivity index is 2.24. The third-order valence-electron chi connectivity index (χ3n) is 1.98. The third kappa shape index (κ3) is 2.04. The van der Waals surface area contributed by atoms with Gasteiger partial charge in [0, 0.05) is 17.2 Å². The van der Waals surface area contributed by atoms with Gasteiger partial charge in [0.05, 0.1) is 11.1 Å². The molecule has 0 aliphatic carbocycles. The zero-order chi connectivity index (χ0) is 9.97. The molecular weight excluding hydrogens is 218 g/mol. The van der Waals surface area contributed by atoms with Gasteiger partial charge in [-0.2, -0.15) is 0 Å². The lowest BCUT2D eigenvalue weighted by atomic mass is 10.2. The largest absolute Gasteiger partial charge is 0.508 e. The van der Waals surface area contributed by atoms with Crippen molar-refractivity contribution in [3.05, 3.63) is 29.8 Å². The first kappa shape index (κ1) is 9.87. The second-order valence-corrected chi connectivity index (χ2v) is 4.42. The number of halogens is 1. The smallest absolute Gasteiger partial charge is 0.116 e. The van der Waals surface area contributed by atoms with Gasteiger partial charge in [0.2, 0.25) is 0 Å². The highest BCUT2D eigenvalue weighted by atomic mass is 35.5. The molecule has 0 amide bonds. The Bertz CT molecular complexity index is 367. The van der Waals surface area contributed by atoms with E-state index in [2.05, 4.69) is 4.99 Å². The first-order chi connectivity index (χ1) is 6.79. The molecule has 0 saturated heterocycles. The summed E-state index contributed by atoms with van der Waals surface area (Å²) in [6, 6.07) is 7.37. The summed E-state index contributed by atoms with van der Waals surface area (Å²) in [4.78, 5) is 4.45. The van der Waals surface area contributed by atoms with Crippen molar-refractivity contribution in [2.75, 3.05) is 11.6 Å².